The van der Waals surface area contributed by atoms with Crippen molar-refractivity contribution < 1.29 is 23.5 Å². The van der Waals surface area contributed by atoms with E-state index in [9.17, 15) is 19.2 Å². The molecule has 0 aliphatic carbocycles. The summed E-state index contributed by atoms with van der Waals surface area (Å²) in [5.41, 5.74) is 1.07. The van der Waals surface area contributed by atoms with Crippen LogP contribution in [0.4, 0.5) is 4.39 Å². The van der Waals surface area contributed by atoms with E-state index in [0.29, 0.717) is 11.1 Å². The van der Waals surface area contributed by atoms with Crippen LogP contribution in [0, 0.1) is 17.1 Å². The molecule has 0 aromatic heterocycles. The minimum absolute atomic E-state index is 0.0423. The highest BCUT2D eigenvalue weighted by atomic mass is 19.1. The van der Waals surface area contributed by atoms with Gasteiger partial charge in [0.25, 0.3) is 0 Å². The van der Waals surface area contributed by atoms with Gasteiger partial charge in [-0.2, -0.15) is 5.26 Å². The molecule has 0 bridgehead atoms. The second-order valence-corrected chi connectivity index (χ2v) is 6.17. The van der Waals surface area contributed by atoms with Crippen molar-refractivity contribution in [3.8, 4) is 17.6 Å². The predicted octanol–water partition coefficient (Wildman–Crippen LogP) is 4.84. The van der Waals surface area contributed by atoms with Crippen LogP contribution in [0.1, 0.15) is 26.3 Å². The van der Waals surface area contributed by atoms with Gasteiger partial charge in [0.2, 0.25) is 5.78 Å². The maximum absolute atomic E-state index is 13.0. The van der Waals surface area contributed by atoms with Gasteiger partial charge in [-0.1, -0.05) is 36.4 Å². The molecule has 6 heteroatoms. The number of methoxy groups -OCH3 is 1. The van der Waals surface area contributed by atoms with Crippen LogP contribution in [0.2, 0.25) is 0 Å². The third-order valence-corrected chi connectivity index (χ3v) is 4.18. The van der Waals surface area contributed by atoms with Crippen molar-refractivity contribution in [2.75, 3.05) is 7.11 Å². The van der Waals surface area contributed by atoms with Gasteiger partial charge in [-0.25, -0.2) is 9.18 Å². The highest BCUT2D eigenvalue weighted by Crippen LogP contribution is 2.30. The molecule has 0 saturated heterocycles. The summed E-state index contributed by atoms with van der Waals surface area (Å²) in [5.74, 6) is -1.14. The first kappa shape index (κ1) is 20.5. The number of allylic oxidation sites excluding steroid dienone is 1. The van der Waals surface area contributed by atoms with Gasteiger partial charge in [0.05, 0.1) is 12.7 Å². The van der Waals surface area contributed by atoms with E-state index < -0.39 is 17.6 Å². The second kappa shape index (κ2) is 9.30. The van der Waals surface area contributed by atoms with E-state index >= 15 is 0 Å². The van der Waals surface area contributed by atoms with Gasteiger partial charge in [0.1, 0.15) is 17.5 Å². The zero-order chi connectivity index (χ0) is 21.5. The number of hydrogen-bond acceptors (Lipinski definition) is 5. The number of esters is 1. The Bertz CT molecular complexity index is 1150. The van der Waals surface area contributed by atoms with Gasteiger partial charge in [-0.15, -0.1) is 0 Å². The Morgan fingerprint density at radius 1 is 0.933 bits per heavy atom. The Morgan fingerprint density at radius 3 is 2.27 bits per heavy atom. The summed E-state index contributed by atoms with van der Waals surface area (Å²) in [4.78, 5) is 24.8. The molecule has 3 rings (SSSR count). The number of nitrogens with zero attached hydrogens (tertiary/aromatic N) is 1. The summed E-state index contributed by atoms with van der Waals surface area (Å²) in [6.07, 6.45) is 1.43. The SMILES string of the molecule is COc1cc(/C=C(/C#N)C(=O)c2ccccc2)ccc1OC(=O)c1ccc(F)cc1. The molecule has 0 heterocycles. The maximum atomic E-state index is 13.0. The molecule has 5 nitrogen and oxygen atoms in total. The first-order valence-electron chi connectivity index (χ1n) is 8.89. The van der Waals surface area contributed by atoms with E-state index in [2.05, 4.69) is 0 Å². The maximum Gasteiger partial charge on any atom is 0.343 e. The molecule has 0 atom stereocenters. The van der Waals surface area contributed by atoms with E-state index in [0.717, 1.165) is 12.1 Å². The third kappa shape index (κ3) is 4.78. The Balaban J connectivity index is 1.85. The van der Waals surface area contributed by atoms with Crippen molar-refractivity contribution in [2.24, 2.45) is 0 Å². The summed E-state index contributed by atoms with van der Waals surface area (Å²) < 4.78 is 23.6. The Morgan fingerprint density at radius 2 is 1.63 bits per heavy atom. The molecule has 3 aromatic carbocycles. The lowest BCUT2D eigenvalue weighted by Crippen LogP contribution is -2.09. The molecule has 0 fully saturated rings. The van der Waals surface area contributed by atoms with Crippen molar-refractivity contribution >= 4 is 17.8 Å². The van der Waals surface area contributed by atoms with Crippen LogP contribution in [0.15, 0.2) is 78.4 Å². The van der Waals surface area contributed by atoms with Crippen molar-refractivity contribution in [2.45, 2.75) is 0 Å². The summed E-state index contributed by atoms with van der Waals surface area (Å²) in [6, 6.07) is 20.0. The van der Waals surface area contributed by atoms with Gasteiger partial charge < -0.3 is 9.47 Å². The fourth-order valence-electron chi connectivity index (χ4n) is 2.66. The molecule has 0 unspecified atom stereocenters. The highest BCUT2D eigenvalue weighted by molar-refractivity contribution is 6.14. The van der Waals surface area contributed by atoms with Crippen LogP contribution >= 0.6 is 0 Å². The normalized spacial score (nSPS) is 10.8. The smallest absolute Gasteiger partial charge is 0.343 e. The minimum Gasteiger partial charge on any atom is -0.493 e. The summed E-state index contributed by atoms with van der Waals surface area (Å²) in [6.45, 7) is 0. The molecular formula is C24H16FNO4. The first-order chi connectivity index (χ1) is 14.5. The van der Waals surface area contributed by atoms with Crippen LogP contribution < -0.4 is 9.47 Å². The second-order valence-electron chi connectivity index (χ2n) is 6.17. The average Bonchev–Trinajstić information content (AvgIpc) is 2.78. The number of ketones is 1. The van der Waals surface area contributed by atoms with Gasteiger partial charge in [-0.3, -0.25) is 4.79 Å². The number of halogens is 1. The van der Waals surface area contributed by atoms with E-state index in [-0.39, 0.29) is 22.6 Å². The molecular weight excluding hydrogens is 385 g/mol. The Labute approximate surface area is 172 Å². The van der Waals surface area contributed by atoms with Crippen molar-refractivity contribution in [3.63, 3.8) is 0 Å². The number of carbonyl (C=O) groups excluding carboxylic acids is 2. The average molecular weight is 401 g/mol. The molecule has 30 heavy (non-hydrogen) atoms. The Hall–Kier alpha value is -4.24. The molecule has 0 aliphatic heterocycles. The lowest BCUT2D eigenvalue weighted by molar-refractivity contribution is 0.0729. The number of rotatable bonds is 6. The molecule has 0 radical (unpaired) electrons. The molecule has 0 spiro atoms. The number of hydrogen-bond donors (Lipinski definition) is 0. The van der Waals surface area contributed by atoms with Crippen LogP contribution in [0.3, 0.4) is 0 Å². The van der Waals surface area contributed by atoms with Crippen LogP contribution in [0.25, 0.3) is 6.08 Å². The van der Waals surface area contributed by atoms with Crippen molar-refractivity contribution in [1.82, 2.24) is 0 Å². The van der Waals surface area contributed by atoms with Gasteiger partial charge in [0.15, 0.2) is 11.5 Å². The summed E-state index contributed by atoms with van der Waals surface area (Å²) in [7, 11) is 1.40. The lowest BCUT2D eigenvalue weighted by atomic mass is 10.0. The number of ether oxygens (including phenoxy) is 2. The van der Waals surface area contributed by atoms with E-state index in [1.54, 1.807) is 42.5 Å². The van der Waals surface area contributed by atoms with Crippen LogP contribution in [0.5, 0.6) is 11.5 Å². The fourth-order valence-corrected chi connectivity index (χ4v) is 2.66. The number of carbonyl (C=O) groups is 2. The zero-order valence-corrected chi connectivity index (χ0v) is 16.0. The third-order valence-electron chi connectivity index (χ3n) is 4.18. The van der Waals surface area contributed by atoms with Crippen LogP contribution in [-0.2, 0) is 0 Å². The van der Waals surface area contributed by atoms with Gasteiger partial charge in [0, 0.05) is 5.56 Å². The molecule has 0 N–H and O–H groups in total. The number of Topliss-reactive ketones (excluding diaryl/α,β-unsaturated/α-hetero) is 1. The number of benzene rings is 3. The largest absolute Gasteiger partial charge is 0.493 e. The first-order valence-corrected chi connectivity index (χ1v) is 8.89. The lowest BCUT2D eigenvalue weighted by Gasteiger charge is -2.10. The van der Waals surface area contributed by atoms with E-state index in [1.165, 1.54) is 31.4 Å². The molecule has 0 saturated carbocycles. The van der Waals surface area contributed by atoms with E-state index in [1.807, 2.05) is 6.07 Å². The Kier molecular flexibility index (Phi) is 6.36. The minimum atomic E-state index is -0.673. The van der Waals surface area contributed by atoms with Gasteiger partial charge in [-0.05, 0) is 48.0 Å². The summed E-state index contributed by atoms with van der Waals surface area (Å²) >= 11 is 0. The van der Waals surface area contributed by atoms with Gasteiger partial charge >= 0.3 is 5.97 Å². The standard InChI is InChI=1S/C24H16FNO4/c1-29-22-14-16(13-19(15-26)23(27)17-5-3-2-4-6-17)7-12-21(22)30-24(28)18-8-10-20(25)11-9-18/h2-14H,1H3/b19-13-. The van der Waals surface area contributed by atoms with Crippen molar-refractivity contribution in [3.05, 3.63) is 101 Å². The molecule has 0 amide bonds. The van der Waals surface area contributed by atoms with E-state index in [4.69, 9.17) is 9.47 Å². The topological polar surface area (TPSA) is 76.4 Å². The highest BCUT2D eigenvalue weighted by Gasteiger charge is 2.15. The zero-order valence-electron chi connectivity index (χ0n) is 16.0. The number of nitriles is 1. The molecule has 148 valence electrons. The molecule has 0 aliphatic rings. The molecule has 3 aromatic rings. The summed E-state index contributed by atoms with van der Waals surface area (Å²) in [5, 5.41) is 9.40. The monoisotopic (exact) mass is 401 g/mol. The van der Waals surface area contributed by atoms with Crippen LogP contribution in [-0.4, -0.2) is 18.9 Å². The predicted molar refractivity (Wildman–Crippen MR) is 109 cm³/mol. The quantitative estimate of drug-likeness (QED) is 0.194. The fraction of sp³-hybridized carbons (Fsp3) is 0.0417. The van der Waals surface area contributed by atoms with Crippen molar-refractivity contribution in [1.29, 1.82) is 5.26 Å².